The maximum absolute atomic E-state index is 14.0. The molecule has 2 N–H and O–H groups in total. The van der Waals surface area contributed by atoms with Crippen molar-refractivity contribution in [2.75, 3.05) is 13.6 Å². The number of nitrogens with two attached hydrogens (primary N) is 1. The van der Waals surface area contributed by atoms with Crippen LogP contribution < -0.4 is 5.14 Å². The zero-order valence-corrected chi connectivity index (χ0v) is 12.0. The van der Waals surface area contributed by atoms with Crippen molar-refractivity contribution in [3.63, 3.8) is 0 Å². The highest BCUT2D eigenvalue weighted by Crippen LogP contribution is 2.20. The minimum absolute atomic E-state index is 0.357. The van der Waals surface area contributed by atoms with Gasteiger partial charge in [0.2, 0.25) is 10.0 Å². The van der Waals surface area contributed by atoms with E-state index in [0.29, 0.717) is 25.1 Å². The third-order valence-corrected chi connectivity index (χ3v) is 3.64. The maximum atomic E-state index is 14.0. The second-order valence-electron chi connectivity index (χ2n) is 4.39. The van der Waals surface area contributed by atoms with E-state index in [1.165, 1.54) is 11.9 Å². The fourth-order valence-corrected chi connectivity index (χ4v) is 2.27. The summed E-state index contributed by atoms with van der Waals surface area (Å²) in [5.74, 6) is -3.16. The molecule has 0 heterocycles. The minimum Gasteiger partial charge on any atom is -0.342 e. The molecule has 0 aliphatic heterocycles. The lowest BCUT2D eigenvalue weighted by molar-refractivity contribution is 0.0787. The molecule has 0 spiro atoms. The SMILES string of the molecule is CCCCN(C)C(=O)c1cc(F)cc(S(N)(=O)=O)c1F. The van der Waals surface area contributed by atoms with Crippen molar-refractivity contribution in [3.8, 4) is 0 Å². The Morgan fingerprint density at radius 1 is 1.35 bits per heavy atom. The van der Waals surface area contributed by atoms with E-state index < -0.39 is 38.0 Å². The molecular weight excluding hydrogens is 290 g/mol. The molecule has 8 heteroatoms. The Hall–Kier alpha value is -1.54. The molecule has 0 saturated heterocycles. The van der Waals surface area contributed by atoms with Gasteiger partial charge in [0.1, 0.15) is 10.7 Å². The van der Waals surface area contributed by atoms with Gasteiger partial charge in [-0.05, 0) is 18.6 Å². The van der Waals surface area contributed by atoms with E-state index in [0.717, 1.165) is 6.42 Å². The standard InChI is InChI=1S/C12H16F2N2O3S/c1-3-4-5-16(2)12(17)9-6-8(13)7-10(11(9)14)20(15,18)19/h6-7H,3-5H2,1-2H3,(H2,15,18,19). The zero-order valence-electron chi connectivity index (χ0n) is 11.2. The Morgan fingerprint density at radius 2 is 1.95 bits per heavy atom. The first-order valence-corrected chi connectivity index (χ1v) is 7.50. The molecule has 0 aromatic heterocycles. The zero-order chi connectivity index (χ0) is 15.5. The quantitative estimate of drug-likeness (QED) is 0.895. The van der Waals surface area contributed by atoms with Gasteiger partial charge in [-0.1, -0.05) is 13.3 Å². The second-order valence-corrected chi connectivity index (χ2v) is 5.92. The summed E-state index contributed by atoms with van der Waals surface area (Å²) in [6.07, 6.45) is 1.52. The van der Waals surface area contributed by atoms with E-state index in [4.69, 9.17) is 5.14 Å². The average molecular weight is 306 g/mol. The minimum atomic E-state index is -4.44. The van der Waals surface area contributed by atoms with Gasteiger partial charge in [0.05, 0.1) is 5.56 Å². The summed E-state index contributed by atoms with van der Waals surface area (Å²) in [6.45, 7) is 2.27. The van der Waals surface area contributed by atoms with E-state index >= 15 is 0 Å². The molecule has 0 saturated carbocycles. The van der Waals surface area contributed by atoms with Crippen LogP contribution in [0.2, 0.25) is 0 Å². The highest BCUT2D eigenvalue weighted by molar-refractivity contribution is 7.89. The Kier molecular flexibility index (Phi) is 5.18. The number of hydrogen-bond donors (Lipinski definition) is 1. The van der Waals surface area contributed by atoms with E-state index in [2.05, 4.69) is 0 Å². The van der Waals surface area contributed by atoms with Crippen molar-refractivity contribution in [2.24, 2.45) is 5.14 Å². The van der Waals surface area contributed by atoms with Gasteiger partial charge in [-0.2, -0.15) is 0 Å². The monoisotopic (exact) mass is 306 g/mol. The molecule has 0 fully saturated rings. The summed E-state index contributed by atoms with van der Waals surface area (Å²) >= 11 is 0. The number of carbonyl (C=O) groups excluding carboxylic acids is 1. The van der Waals surface area contributed by atoms with Crippen LogP contribution in [-0.4, -0.2) is 32.8 Å². The normalized spacial score (nSPS) is 11.4. The van der Waals surface area contributed by atoms with Crippen LogP contribution in [0, 0.1) is 11.6 Å². The first-order chi connectivity index (χ1) is 9.18. The van der Waals surface area contributed by atoms with Crippen LogP contribution in [0.3, 0.4) is 0 Å². The Balaban J connectivity index is 3.26. The van der Waals surface area contributed by atoms with Gasteiger partial charge in [0.15, 0.2) is 5.82 Å². The van der Waals surface area contributed by atoms with Gasteiger partial charge < -0.3 is 4.90 Å². The van der Waals surface area contributed by atoms with Crippen LogP contribution in [0.25, 0.3) is 0 Å². The first kappa shape index (κ1) is 16.5. The lowest BCUT2D eigenvalue weighted by Gasteiger charge is -2.17. The number of carbonyl (C=O) groups is 1. The highest BCUT2D eigenvalue weighted by Gasteiger charge is 2.24. The number of unbranched alkanes of at least 4 members (excludes halogenated alkanes) is 1. The van der Waals surface area contributed by atoms with Crippen LogP contribution in [0.5, 0.6) is 0 Å². The molecule has 0 aliphatic carbocycles. The molecule has 1 rings (SSSR count). The fourth-order valence-electron chi connectivity index (χ4n) is 1.63. The molecule has 0 radical (unpaired) electrons. The molecule has 0 atom stereocenters. The van der Waals surface area contributed by atoms with E-state index in [-0.39, 0.29) is 0 Å². The number of primary sulfonamides is 1. The third kappa shape index (κ3) is 3.73. The molecule has 20 heavy (non-hydrogen) atoms. The topological polar surface area (TPSA) is 80.5 Å². The predicted octanol–water partition coefficient (Wildman–Crippen LogP) is 1.48. The summed E-state index contributed by atoms with van der Waals surface area (Å²) < 4.78 is 49.7. The summed E-state index contributed by atoms with van der Waals surface area (Å²) in [5, 5.41) is 4.79. The van der Waals surface area contributed by atoms with Crippen molar-refractivity contribution >= 4 is 15.9 Å². The molecule has 1 aromatic rings. The maximum Gasteiger partial charge on any atom is 0.256 e. The largest absolute Gasteiger partial charge is 0.342 e. The highest BCUT2D eigenvalue weighted by atomic mass is 32.2. The summed E-state index contributed by atoms with van der Waals surface area (Å²) in [5.41, 5.74) is -0.646. The first-order valence-electron chi connectivity index (χ1n) is 5.95. The molecule has 5 nitrogen and oxygen atoms in total. The van der Waals surface area contributed by atoms with Crippen LogP contribution in [-0.2, 0) is 10.0 Å². The van der Waals surface area contributed by atoms with Crippen molar-refractivity contribution < 1.29 is 22.0 Å². The molecule has 0 unspecified atom stereocenters. The third-order valence-electron chi connectivity index (χ3n) is 2.73. The second kappa shape index (κ2) is 6.27. The summed E-state index contributed by atoms with van der Waals surface area (Å²) in [4.78, 5) is 12.2. The van der Waals surface area contributed by atoms with E-state index in [1.807, 2.05) is 6.92 Å². The summed E-state index contributed by atoms with van der Waals surface area (Å²) in [6, 6.07) is 1.11. The van der Waals surface area contributed by atoms with Crippen molar-refractivity contribution in [1.29, 1.82) is 0 Å². The predicted molar refractivity (Wildman–Crippen MR) is 69.6 cm³/mol. The molecule has 112 valence electrons. The number of amides is 1. The van der Waals surface area contributed by atoms with E-state index in [1.54, 1.807) is 0 Å². The van der Waals surface area contributed by atoms with Gasteiger partial charge in [0, 0.05) is 13.6 Å². The van der Waals surface area contributed by atoms with Crippen molar-refractivity contribution in [3.05, 3.63) is 29.3 Å². The molecule has 1 amide bonds. The number of nitrogens with zero attached hydrogens (tertiary/aromatic N) is 1. The van der Waals surface area contributed by atoms with Gasteiger partial charge in [-0.25, -0.2) is 22.3 Å². The molecule has 1 aromatic carbocycles. The lowest BCUT2D eigenvalue weighted by atomic mass is 10.1. The summed E-state index contributed by atoms with van der Waals surface area (Å²) in [7, 11) is -3.01. The van der Waals surface area contributed by atoms with Gasteiger partial charge in [-0.3, -0.25) is 4.79 Å². The van der Waals surface area contributed by atoms with Gasteiger partial charge in [-0.15, -0.1) is 0 Å². The number of halogens is 2. The Morgan fingerprint density at radius 3 is 2.45 bits per heavy atom. The van der Waals surface area contributed by atoms with Gasteiger partial charge in [0.25, 0.3) is 5.91 Å². The molecule has 0 bridgehead atoms. The number of hydrogen-bond acceptors (Lipinski definition) is 3. The number of rotatable bonds is 5. The lowest BCUT2D eigenvalue weighted by Crippen LogP contribution is -2.29. The van der Waals surface area contributed by atoms with Crippen molar-refractivity contribution in [1.82, 2.24) is 4.90 Å². The number of sulfonamides is 1. The molecule has 0 aliphatic rings. The number of benzene rings is 1. The van der Waals surface area contributed by atoms with Crippen molar-refractivity contribution in [2.45, 2.75) is 24.7 Å². The smallest absolute Gasteiger partial charge is 0.256 e. The van der Waals surface area contributed by atoms with Gasteiger partial charge >= 0.3 is 0 Å². The Labute approximate surface area is 116 Å². The van der Waals surface area contributed by atoms with Crippen LogP contribution in [0.4, 0.5) is 8.78 Å². The van der Waals surface area contributed by atoms with Crippen LogP contribution in [0.1, 0.15) is 30.1 Å². The average Bonchev–Trinajstić information content (AvgIpc) is 2.36. The fraction of sp³-hybridized carbons (Fsp3) is 0.417. The van der Waals surface area contributed by atoms with E-state index in [9.17, 15) is 22.0 Å². The molecular formula is C12H16F2N2O3S. The Bertz CT molecular complexity index is 617. The van der Waals surface area contributed by atoms with Crippen LogP contribution >= 0.6 is 0 Å². The van der Waals surface area contributed by atoms with Crippen LogP contribution in [0.15, 0.2) is 17.0 Å².